The van der Waals surface area contributed by atoms with Crippen LogP contribution in [0.5, 0.6) is 0 Å². The molecule has 3 N–H and O–H groups in total. The first-order chi connectivity index (χ1) is 9.65. The fraction of sp³-hybridized carbons (Fsp3) is 0. The lowest BCUT2D eigenvalue weighted by Gasteiger charge is -2.12. The summed E-state index contributed by atoms with van der Waals surface area (Å²) in [6.45, 7) is 0. The normalized spacial score (nSPS) is 10.7. The van der Waals surface area contributed by atoms with Gasteiger partial charge in [-0.25, -0.2) is 4.39 Å². The van der Waals surface area contributed by atoms with E-state index in [9.17, 15) is 4.39 Å². The molecule has 0 radical (unpaired) electrons. The Kier molecular flexibility index (Phi) is 3.43. The molecule has 0 unspecified atom stereocenters. The highest BCUT2D eigenvalue weighted by Gasteiger charge is 2.07. The molecule has 3 aromatic rings. The Hall–Kier alpha value is -1.89. The van der Waals surface area contributed by atoms with Gasteiger partial charge in [0.05, 0.1) is 16.9 Å². The molecule has 2 aromatic carbocycles. The molecule has 3 rings (SSSR count). The first kappa shape index (κ1) is 13.1. The maximum absolute atomic E-state index is 13.1. The molecule has 0 saturated carbocycles. The third kappa shape index (κ3) is 2.40. The summed E-state index contributed by atoms with van der Waals surface area (Å²) in [6.07, 6.45) is 1.72. The minimum Gasteiger partial charge on any atom is -0.398 e. The predicted molar refractivity (Wildman–Crippen MR) is 88.6 cm³/mol. The molecule has 100 valence electrons. The first-order valence-corrected chi connectivity index (χ1v) is 7.08. The lowest BCUT2D eigenvalue weighted by molar-refractivity contribution is 0.627. The third-order valence-corrected chi connectivity index (χ3v) is 3.90. The fourth-order valence-electron chi connectivity index (χ4n) is 2.03. The Balaban J connectivity index is 2.09. The standard InChI is InChI=1S/C15H11FIN3/c16-9-3-5-13(11(17)8-9)20-14-6-4-12(18)10-2-1-7-19-15(10)14/h1-8,20H,18H2. The van der Waals surface area contributed by atoms with Crippen LogP contribution in [0.3, 0.4) is 0 Å². The number of hydrogen-bond acceptors (Lipinski definition) is 3. The van der Waals surface area contributed by atoms with E-state index in [0.29, 0.717) is 5.69 Å². The molecule has 0 atom stereocenters. The van der Waals surface area contributed by atoms with Crippen molar-refractivity contribution in [1.29, 1.82) is 0 Å². The van der Waals surface area contributed by atoms with Crippen molar-refractivity contribution in [3.63, 3.8) is 0 Å². The number of fused-ring (bicyclic) bond motifs is 1. The van der Waals surface area contributed by atoms with Gasteiger partial charge >= 0.3 is 0 Å². The molecule has 0 aliphatic heterocycles. The second-order valence-corrected chi connectivity index (χ2v) is 5.51. The van der Waals surface area contributed by atoms with Crippen molar-refractivity contribution in [3.05, 3.63) is 58.0 Å². The predicted octanol–water partition coefficient (Wildman–Crippen LogP) is 4.30. The zero-order chi connectivity index (χ0) is 14.1. The van der Waals surface area contributed by atoms with Gasteiger partial charge in [0.1, 0.15) is 5.82 Å². The minimum atomic E-state index is -0.250. The Labute approximate surface area is 129 Å². The number of anilines is 3. The van der Waals surface area contributed by atoms with E-state index < -0.39 is 0 Å². The van der Waals surface area contributed by atoms with Gasteiger partial charge in [-0.1, -0.05) is 0 Å². The van der Waals surface area contributed by atoms with Crippen molar-refractivity contribution in [1.82, 2.24) is 4.98 Å². The van der Waals surface area contributed by atoms with E-state index >= 15 is 0 Å². The summed E-state index contributed by atoms with van der Waals surface area (Å²) < 4.78 is 13.9. The van der Waals surface area contributed by atoms with Gasteiger partial charge in [-0.2, -0.15) is 0 Å². The van der Waals surface area contributed by atoms with Gasteiger partial charge in [-0.15, -0.1) is 0 Å². The van der Waals surface area contributed by atoms with Crippen LogP contribution in [0, 0.1) is 9.39 Å². The van der Waals surface area contributed by atoms with Gasteiger partial charge in [-0.05, 0) is 65.1 Å². The molecule has 0 amide bonds. The van der Waals surface area contributed by atoms with E-state index in [0.717, 1.165) is 25.8 Å². The second-order valence-electron chi connectivity index (χ2n) is 4.35. The van der Waals surface area contributed by atoms with Crippen LogP contribution < -0.4 is 11.1 Å². The molecule has 20 heavy (non-hydrogen) atoms. The van der Waals surface area contributed by atoms with Gasteiger partial charge in [0.25, 0.3) is 0 Å². The molecule has 0 spiro atoms. The lowest BCUT2D eigenvalue weighted by Crippen LogP contribution is -1.97. The smallest absolute Gasteiger partial charge is 0.124 e. The summed E-state index contributed by atoms with van der Waals surface area (Å²) in [5.41, 5.74) is 9.12. The number of benzene rings is 2. The average molecular weight is 379 g/mol. The van der Waals surface area contributed by atoms with Crippen molar-refractivity contribution in [3.8, 4) is 0 Å². The van der Waals surface area contributed by atoms with E-state index in [1.54, 1.807) is 12.3 Å². The van der Waals surface area contributed by atoms with Crippen LogP contribution in [0.2, 0.25) is 0 Å². The van der Waals surface area contributed by atoms with Gasteiger partial charge in [0, 0.05) is 20.8 Å². The zero-order valence-electron chi connectivity index (χ0n) is 10.4. The summed E-state index contributed by atoms with van der Waals surface area (Å²) in [5.74, 6) is -0.250. The second kappa shape index (κ2) is 5.24. The monoisotopic (exact) mass is 379 g/mol. The number of nitrogen functional groups attached to an aromatic ring is 1. The highest BCUT2D eigenvalue weighted by Crippen LogP contribution is 2.30. The van der Waals surface area contributed by atoms with E-state index in [1.807, 2.05) is 24.3 Å². The van der Waals surface area contributed by atoms with Crippen molar-refractivity contribution in [2.24, 2.45) is 0 Å². The maximum atomic E-state index is 13.1. The molecular weight excluding hydrogens is 368 g/mol. The van der Waals surface area contributed by atoms with Gasteiger partial charge < -0.3 is 11.1 Å². The van der Waals surface area contributed by atoms with Crippen molar-refractivity contribution in [2.75, 3.05) is 11.1 Å². The van der Waals surface area contributed by atoms with E-state index in [1.165, 1.54) is 12.1 Å². The number of halogens is 2. The number of nitrogens with one attached hydrogen (secondary N) is 1. The van der Waals surface area contributed by atoms with Crippen molar-refractivity contribution >= 4 is 50.6 Å². The van der Waals surface area contributed by atoms with E-state index in [2.05, 4.69) is 32.9 Å². The molecule has 1 aromatic heterocycles. The molecule has 3 nitrogen and oxygen atoms in total. The maximum Gasteiger partial charge on any atom is 0.124 e. The summed E-state index contributed by atoms with van der Waals surface area (Å²) in [6, 6.07) is 12.1. The molecule has 0 bridgehead atoms. The number of nitrogens with zero attached hydrogens (tertiary/aromatic N) is 1. The summed E-state index contributed by atoms with van der Waals surface area (Å²) in [5, 5.41) is 4.18. The Morgan fingerprint density at radius 2 is 1.90 bits per heavy atom. The highest BCUT2D eigenvalue weighted by molar-refractivity contribution is 14.1. The number of pyridine rings is 1. The molecule has 5 heteroatoms. The van der Waals surface area contributed by atoms with Crippen LogP contribution in [0.15, 0.2) is 48.7 Å². The van der Waals surface area contributed by atoms with E-state index in [4.69, 9.17) is 5.73 Å². The SMILES string of the molecule is Nc1ccc(Nc2ccc(F)cc2I)c2ncccc12. The molecule has 0 aliphatic carbocycles. The number of aromatic nitrogens is 1. The van der Waals surface area contributed by atoms with Crippen LogP contribution in [-0.4, -0.2) is 4.98 Å². The van der Waals surface area contributed by atoms with Gasteiger partial charge in [0.2, 0.25) is 0 Å². The molecule has 0 aliphatic rings. The fourth-order valence-corrected chi connectivity index (χ4v) is 2.64. The molecule has 1 heterocycles. The number of hydrogen-bond donors (Lipinski definition) is 2. The Morgan fingerprint density at radius 1 is 1.10 bits per heavy atom. The molecular formula is C15H11FIN3. The minimum absolute atomic E-state index is 0.250. The van der Waals surface area contributed by atoms with Crippen molar-refractivity contribution < 1.29 is 4.39 Å². The third-order valence-electron chi connectivity index (χ3n) is 3.00. The lowest BCUT2D eigenvalue weighted by atomic mass is 10.1. The largest absolute Gasteiger partial charge is 0.398 e. The molecule has 0 saturated heterocycles. The topological polar surface area (TPSA) is 50.9 Å². The zero-order valence-corrected chi connectivity index (χ0v) is 12.6. The number of nitrogens with two attached hydrogens (primary N) is 1. The summed E-state index contributed by atoms with van der Waals surface area (Å²) >= 11 is 2.10. The van der Waals surface area contributed by atoms with Crippen LogP contribution in [-0.2, 0) is 0 Å². The van der Waals surface area contributed by atoms with Gasteiger partial charge in [-0.3, -0.25) is 4.98 Å². The van der Waals surface area contributed by atoms with Crippen molar-refractivity contribution in [2.45, 2.75) is 0 Å². The Morgan fingerprint density at radius 3 is 2.70 bits per heavy atom. The summed E-state index contributed by atoms with van der Waals surface area (Å²) in [4.78, 5) is 4.37. The quantitative estimate of drug-likeness (QED) is 0.516. The van der Waals surface area contributed by atoms with Gasteiger partial charge in [0.15, 0.2) is 0 Å². The van der Waals surface area contributed by atoms with Crippen LogP contribution in [0.25, 0.3) is 10.9 Å². The van der Waals surface area contributed by atoms with Crippen LogP contribution in [0.4, 0.5) is 21.5 Å². The van der Waals surface area contributed by atoms with E-state index in [-0.39, 0.29) is 5.82 Å². The highest BCUT2D eigenvalue weighted by atomic mass is 127. The first-order valence-electron chi connectivity index (χ1n) is 6.00. The van der Waals surface area contributed by atoms with Crippen LogP contribution in [0.1, 0.15) is 0 Å². The average Bonchev–Trinajstić information content (AvgIpc) is 2.45. The van der Waals surface area contributed by atoms with Crippen LogP contribution >= 0.6 is 22.6 Å². The molecule has 0 fully saturated rings. The Bertz CT molecular complexity index is 789. The number of rotatable bonds is 2. The summed E-state index contributed by atoms with van der Waals surface area (Å²) in [7, 11) is 0.